The molecule has 1 aliphatic rings. The van der Waals surface area contributed by atoms with Gasteiger partial charge in [0.2, 0.25) is 0 Å². The van der Waals surface area contributed by atoms with Gasteiger partial charge in [-0.15, -0.1) is 0 Å². The smallest absolute Gasteiger partial charge is 0.115 e. The van der Waals surface area contributed by atoms with Crippen molar-refractivity contribution < 1.29 is 10.2 Å². The summed E-state index contributed by atoms with van der Waals surface area (Å²) in [6, 6.07) is 5.55. The highest BCUT2D eigenvalue weighted by Gasteiger charge is 2.18. The molecule has 0 unspecified atom stereocenters. The normalized spacial score (nSPS) is 21.4. The molecule has 0 spiro atoms. The molecule has 0 aromatic heterocycles. The maximum Gasteiger partial charge on any atom is 0.115 e. The predicted molar refractivity (Wildman–Crippen MR) is 54.0 cm³/mol. The standard InChI is InChI=1S/C11H15NO2/c13-7-8-6-9(14)3-4-10(8)11-2-1-5-12-11/h3-4,6,11-14H,1-2,5,7H2/t11-/m0/s1. The Bertz CT molecular complexity index is 319. The van der Waals surface area contributed by atoms with Crippen LogP contribution in [0.1, 0.15) is 30.0 Å². The van der Waals surface area contributed by atoms with Gasteiger partial charge in [-0.05, 0) is 42.6 Å². The van der Waals surface area contributed by atoms with E-state index in [0.717, 1.165) is 24.1 Å². The second kappa shape index (κ2) is 3.98. The van der Waals surface area contributed by atoms with E-state index in [9.17, 15) is 5.11 Å². The molecule has 14 heavy (non-hydrogen) atoms. The molecule has 1 atom stereocenters. The number of aliphatic hydroxyl groups is 1. The van der Waals surface area contributed by atoms with Crippen LogP contribution in [0.3, 0.4) is 0 Å². The maximum atomic E-state index is 9.28. The highest BCUT2D eigenvalue weighted by molar-refractivity contribution is 5.36. The fourth-order valence-electron chi connectivity index (χ4n) is 2.02. The van der Waals surface area contributed by atoms with Crippen LogP contribution in [0.4, 0.5) is 0 Å². The fourth-order valence-corrected chi connectivity index (χ4v) is 2.02. The average molecular weight is 193 g/mol. The molecule has 1 aliphatic heterocycles. The summed E-state index contributed by atoms with van der Waals surface area (Å²) in [6.45, 7) is 1.03. The van der Waals surface area contributed by atoms with Gasteiger partial charge in [0.05, 0.1) is 6.61 Å². The number of phenolic OH excluding ortho intramolecular Hbond substituents is 1. The molecule has 0 radical (unpaired) electrons. The first-order chi connectivity index (χ1) is 6.81. The first-order valence-electron chi connectivity index (χ1n) is 4.97. The quantitative estimate of drug-likeness (QED) is 0.663. The maximum absolute atomic E-state index is 9.28. The second-order valence-corrected chi connectivity index (χ2v) is 3.69. The number of phenols is 1. The Morgan fingerprint density at radius 3 is 2.93 bits per heavy atom. The van der Waals surface area contributed by atoms with E-state index in [1.807, 2.05) is 6.07 Å². The fraction of sp³-hybridized carbons (Fsp3) is 0.455. The number of aliphatic hydroxyl groups excluding tert-OH is 1. The third kappa shape index (κ3) is 1.74. The number of hydrogen-bond acceptors (Lipinski definition) is 3. The van der Waals surface area contributed by atoms with Crippen LogP contribution in [0.2, 0.25) is 0 Å². The number of nitrogens with one attached hydrogen (secondary N) is 1. The summed E-state index contributed by atoms with van der Waals surface area (Å²) in [5.74, 6) is 0.218. The molecule has 1 aromatic carbocycles. The van der Waals surface area contributed by atoms with E-state index in [1.165, 1.54) is 6.42 Å². The third-order valence-corrected chi connectivity index (χ3v) is 2.73. The minimum Gasteiger partial charge on any atom is -0.508 e. The molecule has 3 nitrogen and oxygen atoms in total. The molecule has 1 heterocycles. The zero-order chi connectivity index (χ0) is 9.97. The molecule has 0 amide bonds. The largest absolute Gasteiger partial charge is 0.508 e. The highest BCUT2D eigenvalue weighted by Crippen LogP contribution is 2.28. The van der Waals surface area contributed by atoms with E-state index >= 15 is 0 Å². The summed E-state index contributed by atoms with van der Waals surface area (Å²) in [6.07, 6.45) is 2.29. The predicted octanol–water partition coefficient (Wildman–Crippen LogP) is 1.31. The summed E-state index contributed by atoms with van der Waals surface area (Å²) in [4.78, 5) is 0. The number of rotatable bonds is 2. The van der Waals surface area contributed by atoms with Crippen LogP contribution in [0, 0.1) is 0 Å². The lowest BCUT2D eigenvalue weighted by Crippen LogP contribution is -2.14. The molecular formula is C11H15NO2. The Labute approximate surface area is 83.4 Å². The van der Waals surface area contributed by atoms with Crippen molar-refractivity contribution in [1.82, 2.24) is 5.32 Å². The molecular weight excluding hydrogens is 178 g/mol. The van der Waals surface area contributed by atoms with Gasteiger partial charge >= 0.3 is 0 Å². The van der Waals surface area contributed by atoms with Crippen LogP contribution < -0.4 is 5.32 Å². The van der Waals surface area contributed by atoms with E-state index < -0.39 is 0 Å². The molecule has 1 aromatic rings. The first kappa shape index (κ1) is 9.49. The van der Waals surface area contributed by atoms with Gasteiger partial charge in [-0.2, -0.15) is 0 Å². The van der Waals surface area contributed by atoms with Crippen molar-refractivity contribution in [2.75, 3.05) is 6.54 Å². The van der Waals surface area contributed by atoms with Gasteiger partial charge < -0.3 is 15.5 Å². The molecule has 1 saturated heterocycles. The van der Waals surface area contributed by atoms with Crippen LogP contribution >= 0.6 is 0 Å². The summed E-state index contributed by atoms with van der Waals surface area (Å²) in [5, 5.41) is 21.8. The van der Waals surface area contributed by atoms with Gasteiger partial charge in [0.25, 0.3) is 0 Å². The molecule has 76 valence electrons. The highest BCUT2D eigenvalue weighted by atomic mass is 16.3. The van der Waals surface area contributed by atoms with Crippen LogP contribution in [0.5, 0.6) is 5.75 Å². The van der Waals surface area contributed by atoms with E-state index in [-0.39, 0.29) is 12.4 Å². The van der Waals surface area contributed by atoms with E-state index in [0.29, 0.717) is 6.04 Å². The Hall–Kier alpha value is -1.06. The average Bonchev–Trinajstić information content (AvgIpc) is 2.70. The van der Waals surface area contributed by atoms with Gasteiger partial charge in [0, 0.05) is 6.04 Å². The van der Waals surface area contributed by atoms with Gasteiger partial charge in [-0.1, -0.05) is 6.07 Å². The van der Waals surface area contributed by atoms with Crippen molar-refractivity contribution >= 4 is 0 Å². The summed E-state index contributed by atoms with van der Waals surface area (Å²) >= 11 is 0. The van der Waals surface area contributed by atoms with Crippen LogP contribution in [-0.2, 0) is 6.61 Å². The van der Waals surface area contributed by atoms with Gasteiger partial charge in [0.1, 0.15) is 5.75 Å². The first-order valence-corrected chi connectivity index (χ1v) is 4.97. The van der Waals surface area contributed by atoms with E-state index in [4.69, 9.17) is 5.11 Å². The molecule has 1 fully saturated rings. The lowest BCUT2D eigenvalue weighted by Gasteiger charge is -2.14. The number of aromatic hydroxyl groups is 1. The van der Waals surface area contributed by atoms with Crippen LogP contribution in [0.15, 0.2) is 18.2 Å². The van der Waals surface area contributed by atoms with Crippen molar-refractivity contribution in [2.24, 2.45) is 0 Å². The Kier molecular flexibility index (Phi) is 2.70. The summed E-state index contributed by atoms with van der Waals surface area (Å²) in [7, 11) is 0. The van der Waals surface area contributed by atoms with E-state index in [1.54, 1.807) is 12.1 Å². The van der Waals surface area contributed by atoms with Crippen molar-refractivity contribution in [1.29, 1.82) is 0 Å². The Morgan fingerprint density at radius 2 is 2.29 bits per heavy atom. The van der Waals surface area contributed by atoms with Crippen molar-refractivity contribution in [3.8, 4) is 5.75 Å². The summed E-state index contributed by atoms with van der Waals surface area (Å²) in [5.41, 5.74) is 1.94. The van der Waals surface area contributed by atoms with Crippen LogP contribution in [-0.4, -0.2) is 16.8 Å². The topological polar surface area (TPSA) is 52.5 Å². The Morgan fingerprint density at radius 1 is 1.43 bits per heavy atom. The second-order valence-electron chi connectivity index (χ2n) is 3.69. The van der Waals surface area contributed by atoms with Crippen molar-refractivity contribution in [3.05, 3.63) is 29.3 Å². The lowest BCUT2D eigenvalue weighted by molar-refractivity contribution is 0.279. The zero-order valence-corrected chi connectivity index (χ0v) is 8.03. The molecule has 2 rings (SSSR count). The monoisotopic (exact) mass is 193 g/mol. The molecule has 0 bridgehead atoms. The van der Waals surface area contributed by atoms with Gasteiger partial charge in [0.15, 0.2) is 0 Å². The molecule has 0 saturated carbocycles. The minimum atomic E-state index is -0.0120. The molecule has 3 N–H and O–H groups in total. The minimum absolute atomic E-state index is 0.0120. The lowest BCUT2D eigenvalue weighted by atomic mass is 9.99. The number of hydrogen-bond donors (Lipinski definition) is 3. The SMILES string of the molecule is OCc1cc(O)ccc1[C@@H]1CCCN1. The Balaban J connectivity index is 2.31. The van der Waals surface area contributed by atoms with Crippen LogP contribution in [0.25, 0.3) is 0 Å². The van der Waals surface area contributed by atoms with Crippen molar-refractivity contribution in [2.45, 2.75) is 25.5 Å². The van der Waals surface area contributed by atoms with E-state index in [2.05, 4.69) is 5.32 Å². The zero-order valence-electron chi connectivity index (χ0n) is 8.03. The molecule has 0 aliphatic carbocycles. The summed E-state index contributed by atoms with van der Waals surface area (Å²) < 4.78 is 0. The van der Waals surface area contributed by atoms with Crippen molar-refractivity contribution in [3.63, 3.8) is 0 Å². The number of benzene rings is 1. The van der Waals surface area contributed by atoms with Gasteiger partial charge in [-0.3, -0.25) is 0 Å². The molecule has 3 heteroatoms. The van der Waals surface area contributed by atoms with Gasteiger partial charge in [-0.25, -0.2) is 0 Å². The third-order valence-electron chi connectivity index (χ3n) is 2.73.